The van der Waals surface area contributed by atoms with E-state index in [0.29, 0.717) is 11.5 Å². The first-order valence-corrected chi connectivity index (χ1v) is 6.60. The lowest BCUT2D eigenvalue weighted by Crippen LogP contribution is -2.21. The van der Waals surface area contributed by atoms with Gasteiger partial charge in [0.15, 0.2) is 0 Å². The van der Waals surface area contributed by atoms with E-state index in [1.165, 1.54) is 22.7 Å². The first-order chi connectivity index (χ1) is 6.99. The van der Waals surface area contributed by atoms with Crippen LogP contribution in [0.5, 0.6) is 0 Å². The van der Waals surface area contributed by atoms with Gasteiger partial charge in [0.2, 0.25) is 0 Å². The standard InChI is InChI=1S/C13H21NS/c1-9-5-6-12(15-9)10(2)14-8-11-7-13(11,3)4/h5-6,10-11,14H,7-8H2,1-4H3. The first-order valence-electron chi connectivity index (χ1n) is 5.79. The van der Waals surface area contributed by atoms with Crippen molar-refractivity contribution in [2.75, 3.05) is 6.54 Å². The molecule has 84 valence electrons. The summed E-state index contributed by atoms with van der Waals surface area (Å²) in [6.07, 6.45) is 1.39. The van der Waals surface area contributed by atoms with Crippen molar-refractivity contribution in [3.05, 3.63) is 21.9 Å². The van der Waals surface area contributed by atoms with Gasteiger partial charge in [0, 0.05) is 15.8 Å². The van der Waals surface area contributed by atoms with E-state index in [2.05, 4.69) is 45.1 Å². The number of nitrogens with one attached hydrogen (secondary N) is 1. The highest BCUT2D eigenvalue weighted by Crippen LogP contribution is 2.51. The second-order valence-electron chi connectivity index (χ2n) is 5.47. The fourth-order valence-corrected chi connectivity index (χ4v) is 2.93. The van der Waals surface area contributed by atoms with Gasteiger partial charge in [-0.25, -0.2) is 0 Å². The Balaban J connectivity index is 1.81. The Bertz CT molecular complexity index is 340. The second-order valence-corrected chi connectivity index (χ2v) is 6.79. The predicted octanol–water partition coefficient (Wildman–Crippen LogP) is 3.75. The van der Waals surface area contributed by atoms with Crippen LogP contribution in [0.3, 0.4) is 0 Å². The molecule has 2 unspecified atom stereocenters. The van der Waals surface area contributed by atoms with Gasteiger partial charge in [-0.3, -0.25) is 0 Å². The minimum Gasteiger partial charge on any atom is -0.309 e. The van der Waals surface area contributed by atoms with Crippen molar-refractivity contribution in [2.24, 2.45) is 11.3 Å². The Morgan fingerprint density at radius 2 is 2.20 bits per heavy atom. The van der Waals surface area contributed by atoms with Crippen LogP contribution in [0.2, 0.25) is 0 Å². The monoisotopic (exact) mass is 223 g/mol. The summed E-state index contributed by atoms with van der Waals surface area (Å²) in [4.78, 5) is 2.87. The maximum absolute atomic E-state index is 3.64. The summed E-state index contributed by atoms with van der Waals surface area (Å²) in [5.74, 6) is 0.890. The highest BCUT2D eigenvalue weighted by Gasteiger charge is 2.44. The Hall–Kier alpha value is -0.340. The number of hydrogen-bond acceptors (Lipinski definition) is 2. The molecular weight excluding hydrogens is 202 g/mol. The topological polar surface area (TPSA) is 12.0 Å². The van der Waals surface area contributed by atoms with Crippen molar-refractivity contribution in [3.8, 4) is 0 Å². The van der Waals surface area contributed by atoms with E-state index in [4.69, 9.17) is 0 Å². The van der Waals surface area contributed by atoms with E-state index in [1.807, 2.05) is 11.3 Å². The van der Waals surface area contributed by atoms with Gasteiger partial charge >= 0.3 is 0 Å². The molecule has 0 bridgehead atoms. The van der Waals surface area contributed by atoms with Crippen LogP contribution in [0, 0.1) is 18.3 Å². The number of thiophene rings is 1. The third-order valence-electron chi connectivity index (χ3n) is 3.58. The maximum Gasteiger partial charge on any atom is 0.0386 e. The zero-order valence-electron chi connectivity index (χ0n) is 10.1. The molecule has 1 aromatic rings. The Morgan fingerprint density at radius 1 is 1.53 bits per heavy atom. The first kappa shape index (κ1) is 11.2. The van der Waals surface area contributed by atoms with Crippen LogP contribution in [0.4, 0.5) is 0 Å². The van der Waals surface area contributed by atoms with Gasteiger partial charge in [0.1, 0.15) is 0 Å². The molecule has 0 spiro atoms. The third-order valence-corrected chi connectivity index (χ3v) is 4.76. The summed E-state index contributed by atoms with van der Waals surface area (Å²) >= 11 is 1.91. The van der Waals surface area contributed by atoms with Gasteiger partial charge in [-0.1, -0.05) is 13.8 Å². The average molecular weight is 223 g/mol. The van der Waals surface area contributed by atoms with Gasteiger partial charge in [-0.2, -0.15) is 0 Å². The normalized spacial score (nSPS) is 25.2. The van der Waals surface area contributed by atoms with Crippen LogP contribution in [-0.4, -0.2) is 6.54 Å². The van der Waals surface area contributed by atoms with Crippen molar-refractivity contribution in [1.29, 1.82) is 0 Å². The van der Waals surface area contributed by atoms with E-state index < -0.39 is 0 Å². The summed E-state index contributed by atoms with van der Waals surface area (Å²) in [5, 5.41) is 3.64. The largest absolute Gasteiger partial charge is 0.309 e. The van der Waals surface area contributed by atoms with Gasteiger partial charge < -0.3 is 5.32 Å². The molecule has 2 atom stereocenters. The van der Waals surface area contributed by atoms with E-state index in [-0.39, 0.29) is 0 Å². The zero-order valence-corrected chi connectivity index (χ0v) is 10.9. The van der Waals surface area contributed by atoms with Crippen LogP contribution in [0.25, 0.3) is 0 Å². The molecule has 1 aliphatic rings. The van der Waals surface area contributed by atoms with Crippen LogP contribution < -0.4 is 5.32 Å². The lowest BCUT2D eigenvalue weighted by Gasteiger charge is -2.12. The molecule has 0 amide bonds. The van der Waals surface area contributed by atoms with E-state index >= 15 is 0 Å². The predicted molar refractivity (Wildman–Crippen MR) is 67.4 cm³/mol. The molecule has 2 rings (SSSR count). The fourth-order valence-electron chi connectivity index (χ4n) is 2.03. The molecule has 1 aromatic heterocycles. The molecule has 1 fully saturated rings. The third kappa shape index (κ3) is 2.61. The average Bonchev–Trinajstić information content (AvgIpc) is 2.59. The molecule has 1 N–H and O–H groups in total. The van der Waals surface area contributed by atoms with Crippen molar-refractivity contribution >= 4 is 11.3 Å². The summed E-state index contributed by atoms with van der Waals surface area (Å²) in [6.45, 7) is 10.3. The summed E-state index contributed by atoms with van der Waals surface area (Å²) in [5.41, 5.74) is 0.595. The van der Waals surface area contributed by atoms with Crippen LogP contribution in [-0.2, 0) is 0 Å². The van der Waals surface area contributed by atoms with E-state index in [1.54, 1.807) is 0 Å². The van der Waals surface area contributed by atoms with Gasteiger partial charge in [0.25, 0.3) is 0 Å². The Kier molecular flexibility index (Phi) is 2.91. The van der Waals surface area contributed by atoms with Crippen molar-refractivity contribution in [2.45, 2.75) is 40.2 Å². The summed E-state index contributed by atoms with van der Waals surface area (Å²) in [6, 6.07) is 4.97. The molecule has 0 radical (unpaired) electrons. The van der Waals surface area contributed by atoms with Gasteiger partial charge in [0.05, 0.1) is 0 Å². The lowest BCUT2D eigenvalue weighted by molar-refractivity contribution is 0.488. The molecule has 0 aromatic carbocycles. The molecule has 1 nitrogen and oxygen atoms in total. The second kappa shape index (κ2) is 3.91. The van der Waals surface area contributed by atoms with E-state index in [0.717, 1.165) is 5.92 Å². The van der Waals surface area contributed by atoms with Crippen LogP contribution >= 0.6 is 11.3 Å². The molecule has 0 saturated heterocycles. The highest BCUT2D eigenvalue weighted by molar-refractivity contribution is 7.12. The number of hydrogen-bond donors (Lipinski definition) is 1. The number of aryl methyl sites for hydroxylation is 1. The molecule has 0 aliphatic heterocycles. The quantitative estimate of drug-likeness (QED) is 0.819. The molecule has 2 heteroatoms. The van der Waals surface area contributed by atoms with Crippen molar-refractivity contribution in [3.63, 3.8) is 0 Å². The Labute approximate surface area is 96.9 Å². The summed E-state index contributed by atoms with van der Waals surface area (Å²) in [7, 11) is 0. The van der Waals surface area contributed by atoms with Crippen molar-refractivity contribution < 1.29 is 0 Å². The van der Waals surface area contributed by atoms with Gasteiger partial charge in [-0.15, -0.1) is 11.3 Å². The fraction of sp³-hybridized carbons (Fsp3) is 0.692. The summed E-state index contributed by atoms with van der Waals surface area (Å²) < 4.78 is 0. The van der Waals surface area contributed by atoms with Crippen LogP contribution in [0.15, 0.2) is 12.1 Å². The van der Waals surface area contributed by atoms with Crippen molar-refractivity contribution in [1.82, 2.24) is 5.32 Å². The number of rotatable bonds is 4. The minimum atomic E-state index is 0.514. The van der Waals surface area contributed by atoms with E-state index in [9.17, 15) is 0 Å². The molecule has 1 heterocycles. The lowest BCUT2D eigenvalue weighted by atomic mass is 10.1. The SMILES string of the molecule is Cc1ccc(C(C)NCC2CC2(C)C)s1. The molecular formula is C13H21NS. The van der Waals surface area contributed by atoms with Crippen LogP contribution in [0.1, 0.15) is 43.0 Å². The maximum atomic E-state index is 3.64. The molecule has 1 saturated carbocycles. The molecule has 15 heavy (non-hydrogen) atoms. The Morgan fingerprint density at radius 3 is 2.67 bits per heavy atom. The smallest absolute Gasteiger partial charge is 0.0386 e. The molecule has 1 aliphatic carbocycles. The zero-order chi connectivity index (χ0) is 11.1. The highest BCUT2D eigenvalue weighted by atomic mass is 32.1. The van der Waals surface area contributed by atoms with Gasteiger partial charge in [-0.05, 0) is 50.3 Å². The minimum absolute atomic E-state index is 0.514.